The molecule has 1 aromatic heterocycles. The fraction of sp³-hybridized carbons (Fsp3) is 0.190. The summed E-state index contributed by atoms with van der Waals surface area (Å²) in [5.41, 5.74) is 1.70. The fourth-order valence-corrected chi connectivity index (χ4v) is 3.28. The molecule has 1 heterocycles. The minimum atomic E-state index is -1.07. The standard InChI is InChI=1S/C21H19ClFNO4/c1-13-10-24(11-15(25)12-28-16-8-6-14(23)7-9-16)20(19(13)21(26)27)17-4-2-3-5-18(17)22/h2-10,15,25H,11-12H2,1H3,(H,26,27)/t15-/m0/s1. The number of ether oxygens (including phenoxy) is 1. The first-order valence-corrected chi connectivity index (χ1v) is 8.99. The first-order chi connectivity index (χ1) is 13.4. The van der Waals surface area contributed by atoms with Gasteiger partial charge in [0.2, 0.25) is 0 Å². The Bertz CT molecular complexity index is 985. The second-order valence-corrected chi connectivity index (χ2v) is 6.80. The molecular weight excluding hydrogens is 385 g/mol. The lowest BCUT2D eigenvalue weighted by atomic mass is 10.1. The van der Waals surface area contributed by atoms with E-state index < -0.39 is 12.1 Å². The molecule has 2 aromatic carbocycles. The zero-order chi connectivity index (χ0) is 20.3. The first kappa shape index (κ1) is 19.9. The van der Waals surface area contributed by atoms with E-state index in [1.807, 2.05) is 0 Å². The van der Waals surface area contributed by atoms with Crippen molar-refractivity contribution in [2.75, 3.05) is 6.61 Å². The summed E-state index contributed by atoms with van der Waals surface area (Å²) in [5.74, 6) is -1.01. The molecule has 0 saturated carbocycles. The van der Waals surface area contributed by atoms with Crippen molar-refractivity contribution in [1.29, 1.82) is 0 Å². The molecule has 1 atom stereocenters. The summed E-state index contributed by atoms with van der Waals surface area (Å²) in [6.45, 7) is 1.77. The summed E-state index contributed by atoms with van der Waals surface area (Å²) in [5, 5.41) is 20.5. The number of aliphatic hydroxyl groups is 1. The van der Waals surface area contributed by atoms with Crippen molar-refractivity contribution in [1.82, 2.24) is 4.57 Å². The number of aromatic nitrogens is 1. The molecule has 28 heavy (non-hydrogen) atoms. The molecule has 0 aliphatic rings. The topological polar surface area (TPSA) is 71.7 Å². The minimum Gasteiger partial charge on any atom is -0.491 e. The minimum absolute atomic E-state index is 0.0345. The van der Waals surface area contributed by atoms with Gasteiger partial charge in [0, 0.05) is 16.8 Å². The summed E-state index contributed by atoms with van der Waals surface area (Å²) in [7, 11) is 0. The molecule has 0 spiro atoms. The lowest BCUT2D eigenvalue weighted by Crippen LogP contribution is -2.24. The molecule has 0 bridgehead atoms. The van der Waals surface area contributed by atoms with Crippen LogP contribution >= 0.6 is 11.6 Å². The monoisotopic (exact) mass is 403 g/mol. The van der Waals surface area contributed by atoms with Crippen LogP contribution in [0.5, 0.6) is 5.75 Å². The van der Waals surface area contributed by atoms with E-state index in [4.69, 9.17) is 16.3 Å². The summed E-state index contributed by atoms with van der Waals surface area (Å²) in [6, 6.07) is 12.4. The van der Waals surface area contributed by atoms with E-state index in [1.165, 1.54) is 24.3 Å². The largest absolute Gasteiger partial charge is 0.491 e. The number of rotatable bonds is 7. The summed E-state index contributed by atoms with van der Waals surface area (Å²) in [6.07, 6.45) is 0.753. The normalized spacial score (nSPS) is 12.0. The van der Waals surface area contributed by atoms with Crippen LogP contribution < -0.4 is 4.74 Å². The van der Waals surface area contributed by atoms with Gasteiger partial charge >= 0.3 is 5.97 Å². The van der Waals surface area contributed by atoms with Crippen LogP contribution in [-0.2, 0) is 6.54 Å². The number of nitrogens with zero attached hydrogens (tertiary/aromatic N) is 1. The van der Waals surface area contributed by atoms with Crippen molar-refractivity contribution in [2.45, 2.75) is 19.6 Å². The molecule has 2 N–H and O–H groups in total. The van der Waals surface area contributed by atoms with Crippen molar-refractivity contribution in [3.05, 3.63) is 76.7 Å². The predicted octanol–water partition coefficient (Wildman–Crippen LogP) is 4.39. The number of aromatic carboxylic acids is 1. The van der Waals surface area contributed by atoms with Gasteiger partial charge in [-0.15, -0.1) is 0 Å². The molecule has 0 radical (unpaired) electrons. The molecule has 146 valence electrons. The third kappa shape index (κ3) is 4.35. The van der Waals surface area contributed by atoms with E-state index in [-0.39, 0.29) is 24.5 Å². The SMILES string of the molecule is Cc1cn(C[C@H](O)COc2ccc(F)cc2)c(-c2ccccc2Cl)c1C(=O)O. The molecule has 0 saturated heterocycles. The Kier molecular flexibility index (Phi) is 6.02. The van der Waals surface area contributed by atoms with Gasteiger partial charge in [0.15, 0.2) is 0 Å². The molecule has 5 nitrogen and oxygen atoms in total. The molecular formula is C21H19ClFNO4. The number of aryl methyl sites for hydroxylation is 1. The van der Waals surface area contributed by atoms with Crippen molar-refractivity contribution < 1.29 is 24.1 Å². The smallest absolute Gasteiger partial charge is 0.338 e. The average molecular weight is 404 g/mol. The lowest BCUT2D eigenvalue weighted by Gasteiger charge is -2.17. The van der Waals surface area contributed by atoms with E-state index in [1.54, 1.807) is 42.0 Å². The number of hydrogen-bond acceptors (Lipinski definition) is 3. The van der Waals surface area contributed by atoms with Crippen LogP contribution in [0.25, 0.3) is 11.3 Å². The molecule has 0 amide bonds. The summed E-state index contributed by atoms with van der Waals surface area (Å²) < 4.78 is 20.1. The van der Waals surface area contributed by atoms with Crippen molar-refractivity contribution >= 4 is 17.6 Å². The molecule has 0 aliphatic carbocycles. The van der Waals surface area contributed by atoms with Gasteiger partial charge in [-0.25, -0.2) is 9.18 Å². The third-order valence-corrected chi connectivity index (χ3v) is 4.60. The highest BCUT2D eigenvalue weighted by Crippen LogP contribution is 2.33. The molecule has 0 unspecified atom stereocenters. The van der Waals surface area contributed by atoms with E-state index in [2.05, 4.69) is 0 Å². The van der Waals surface area contributed by atoms with Crippen molar-refractivity contribution in [3.8, 4) is 17.0 Å². The van der Waals surface area contributed by atoms with Crippen LogP contribution in [0.2, 0.25) is 5.02 Å². The van der Waals surface area contributed by atoms with E-state index in [0.717, 1.165) is 0 Å². The van der Waals surface area contributed by atoms with Gasteiger partial charge in [0.1, 0.15) is 24.3 Å². The van der Waals surface area contributed by atoms with Gasteiger partial charge < -0.3 is 19.5 Å². The Balaban J connectivity index is 1.85. The van der Waals surface area contributed by atoms with Crippen LogP contribution in [0.15, 0.2) is 54.7 Å². The highest BCUT2D eigenvalue weighted by molar-refractivity contribution is 6.33. The Labute approximate surface area is 166 Å². The van der Waals surface area contributed by atoms with Gasteiger partial charge in [0.05, 0.1) is 17.8 Å². The zero-order valence-corrected chi connectivity index (χ0v) is 15.9. The van der Waals surface area contributed by atoms with Gasteiger partial charge in [-0.1, -0.05) is 29.8 Å². The number of benzene rings is 2. The highest BCUT2D eigenvalue weighted by Gasteiger charge is 2.23. The number of carbonyl (C=O) groups is 1. The van der Waals surface area contributed by atoms with Gasteiger partial charge in [-0.3, -0.25) is 0 Å². The quantitative estimate of drug-likeness (QED) is 0.613. The van der Waals surface area contributed by atoms with E-state index >= 15 is 0 Å². The Morgan fingerprint density at radius 3 is 2.54 bits per heavy atom. The maximum Gasteiger partial charge on any atom is 0.338 e. The number of carboxylic acid groups (broad SMARTS) is 1. The maximum absolute atomic E-state index is 12.9. The second-order valence-electron chi connectivity index (χ2n) is 6.39. The summed E-state index contributed by atoms with van der Waals surface area (Å²) in [4.78, 5) is 11.8. The molecule has 0 aliphatic heterocycles. The zero-order valence-electron chi connectivity index (χ0n) is 15.1. The van der Waals surface area contributed by atoms with Gasteiger partial charge in [0.25, 0.3) is 0 Å². The van der Waals surface area contributed by atoms with Crippen LogP contribution in [0, 0.1) is 12.7 Å². The van der Waals surface area contributed by atoms with Crippen LogP contribution in [-0.4, -0.2) is 33.5 Å². The first-order valence-electron chi connectivity index (χ1n) is 8.61. The van der Waals surface area contributed by atoms with Crippen molar-refractivity contribution in [2.24, 2.45) is 0 Å². The van der Waals surface area contributed by atoms with Crippen LogP contribution in [0.4, 0.5) is 4.39 Å². The average Bonchev–Trinajstić information content (AvgIpc) is 2.97. The number of carboxylic acids is 1. The van der Waals surface area contributed by atoms with Crippen molar-refractivity contribution in [3.63, 3.8) is 0 Å². The summed E-state index contributed by atoms with van der Waals surface area (Å²) >= 11 is 6.28. The van der Waals surface area contributed by atoms with E-state index in [0.29, 0.717) is 27.6 Å². The Morgan fingerprint density at radius 2 is 1.89 bits per heavy atom. The van der Waals surface area contributed by atoms with Gasteiger partial charge in [-0.2, -0.15) is 0 Å². The lowest BCUT2D eigenvalue weighted by molar-refractivity contribution is 0.0696. The molecule has 3 rings (SSSR count). The van der Waals surface area contributed by atoms with Crippen LogP contribution in [0.3, 0.4) is 0 Å². The van der Waals surface area contributed by atoms with Gasteiger partial charge in [-0.05, 0) is 42.8 Å². The molecule has 0 fully saturated rings. The molecule has 7 heteroatoms. The van der Waals surface area contributed by atoms with Crippen LogP contribution in [0.1, 0.15) is 15.9 Å². The number of hydrogen-bond donors (Lipinski definition) is 2. The maximum atomic E-state index is 12.9. The fourth-order valence-electron chi connectivity index (χ4n) is 3.05. The number of aliphatic hydroxyl groups excluding tert-OH is 1. The predicted molar refractivity (Wildman–Crippen MR) is 104 cm³/mol. The highest BCUT2D eigenvalue weighted by atomic mass is 35.5. The Hall–Kier alpha value is -2.83. The molecule has 3 aromatic rings. The third-order valence-electron chi connectivity index (χ3n) is 4.27. The van der Waals surface area contributed by atoms with E-state index in [9.17, 15) is 19.4 Å². The second kappa shape index (κ2) is 8.46. The Morgan fingerprint density at radius 1 is 1.21 bits per heavy atom. The number of halogens is 2.